The highest BCUT2D eigenvalue weighted by molar-refractivity contribution is 7.17. The Labute approximate surface area is 347 Å². The van der Waals surface area contributed by atoms with Crippen LogP contribution in [0.4, 0.5) is 5.69 Å². The lowest BCUT2D eigenvalue weighted by Gasteiger charge is -2.28. The molecule has 1 aliphatic rings. The number of fused-ring (bicyclic) bond motifs is 1. The van der Waals surface area contributed by atoms with Gasteiger partial charge in [-0.3, -0.25) is 24.0 Å². The summed E-state index contributed by atoms with van der Waals surface area (Å²) in [6.07, 6.45) is 8.22. The molecule has 14 heteroatoms. The van der Waals surface area contributed by atoms with E-state index in [1.807, 2.05) is 81.0 Å². The third-order valence-electron chi connectivity index (χ3n) is 10.1. The Balaban J connectivity index is 1.03. The molecule has 0 spiro atoms. The van der Waals surface area contributed by atoms with Gasteiger partial charge in [0.1, 0.15) is 17.8 Å². The average molecular weight is 824 g/mol. The van der Waals surface area contributed by atoms with E-state index in [2.05, 4.69) is 16.0 Å². The number of carbonyl (C=O) groups excluding carboxylic acids is 5. The first-order valence-electron chi connectivity index (χ1n) is 21.0. The number of hydrogen-bond donors (Lipinski definition) is 3. The maximum atomic E-state index is 13.6. The van der Waals surface area contributed by atoms with Crippen LogP contribution < -0.4 is 20.9 Å². The number of nitrogens with zero attached hydrogens (tertiary/aromatic N) is 2. The summed E-state index contributed by atoms with van der Waals surface area (Å²) < 4.78 is 18.9. The van der Waals surface area contributed by atoms with Crippen LogP contribution in [0.5, 0.6) is 0 Å². The predicted octanol–water partition coefficient (Wildman–Crippen LogP) is 6.69. The van der Waals surface area contributed by atoms with Gasteiger partial charge in [-0.15, -0.1) is 11.3 Å². The fraction of sp³-hybridized carbons (Fsp3) is 0.614. The van der Waals surface area contributed by atoms with Crippen molar-refractivity contribution in [2.24, 2.45) is 5.92 Å². The largest absolute Gasteiger partial charge is 0.460 e. The van der Waals surface area contributed by atoms with Gasteiger partial charge in [0.25, 0.3) is 5.91 Å². The standard InChI is InChI=1S/C44H65N5O8S/c1-6-48(35-14-12-13-32(2)29-35)40(51)31-49-36-21-28-58-38(36)30-37(49)43(54)47-34-18-16-33(17-19-34)42(53)46-22-11-9-7-8-10-15-39(50)45-23-25-56-27-26-55-24-20-41(52)57-44(3,4)5/h12-14,21,28-30,33-34H,6-11,15-20,22-27,31H2,1-5H3,(H,45,50)(H,46,53)(H,47,54). The second-order valence-corrected chi connectivity index (χ2v) is 17.0. The minimum atomic E-state index is -0.499. The fourth-order valence-corrected chi connectivity index (χ4v) is 7.95. The Morgan fingerprint density at radius 2 is 1.57 bits per heavy atom. The molecule has 13 nitrogen and oxygen atoms in total. The van der Waals surface area contributed by atoms with Crippen LogP contribution in [0.15, 0.2) is 41.8 Å². The lowest BCUT2D eigenvalue weighted by Crippen LogP contribution is -2.42. The van der Waals surface area contributed by atoms with Crippen molar-refractivity contribution in [3.63, 3.8) is 0 Å². The minimum Gasteiger partial charge on any atom is -0.460 e. The molecule has 0 aliphatic heterocycles. The third-order valence-corrected chi connectivity index (χ3v) is 11.0. The van der Waals surface area contributed by atoms with Crippen LogP contribution in [0.2, 0.25) is 0 Å². The molecule has 2 heterocycles. The monoisotopic (exact) mass is 823 g/mol. The Morgan fingerprint density at radius 1 is 0.845 bits per heavy atom. The van der Waals surface area contributed by atoms with Gasteiger partial charge in [0, 0.05) is 43.7 Å². The van der Waals surface area contributed by atoms with E-state index in [4.69, 9.17) is 14.2 Å². The number of unbranched alkanes of at least 4 members (excludes halogenated alkanes) is 4. The number of ether oxygens (including phenoxy) is 3. The molecule has 1 aliphatic carbocycles. The average Bonchev–Trinajstić information content (AvgIpc) is 3.77. The van der Waals surface area contributed by atoms with Crippen LogP contribution in [0.3, 0.4) is 0 Å². The minimum absolute atomic E-state index is 0.0118. The van der Waals surface area contributed by atoms with E-state index in [-0.39, 0.29) is 61.1 Å². The van der Waals surface area contributed by atoms with E-state index in [9.17, 15) is 24.0 Å². The van der Waals surface area contributed by atoms with Gasteiger partial charge in [0.15, 0.2) is 0 Å². The number of likely N-dealkylation sites (N-methyl/N-ethyl adjacent to an activating group) is 1. The molecule has 3 N–H and O–H groups in total. The van der Waals surface area contributed by atoms with Gasteiger partial charge in [-0.2, -0.15) is 0 Å². The fourth-order valence-electron chi connectivity index (χ4n) is 7.13. The summed E-state index contributed by atoms with van der Waals surface area (Å²) in [7, 11) is 0. The van der Waals surface area contributed by atoms with Crippen molar-refractivity contribution in [2.45, 2.75) is 123 Å². The molecule has 320 valence electrons. The number of nitrogens with one attached hydrogen (secondary N) is 3. The molecule has 0 unspecified atom stereocenters. The first-order valence-corrected chi connectivity index (χ1v) is 21.9. The predicted molar refractivity (Wildman–Crippen MR) is 228 cm³/mol. The van der Waals surface area contributed by atoms with E-state index < -0.39 is 5.60 Å². The highest BCUT2D eigenvalue weighted by Crippen LogP contribution is 2.28. The molecule has 0 radical (unpaired) electrons. The number of carbonyl (C=O) groups is 5. The van der Waals surface area contributed by atoms with Crippen molar-refractivity contribution >= 4 is 56.8 Å². The number of amides is 4. The van der Waals surface area contributed by atoms with Crippen LogP contribution in [0, 0.1) is 12.8 Å². The summed E-state index contributed by atoms with van der Waals surface area (Å²) in [4.78, 5) is 65.6. The quantitative estimate of drug-likeness (QED) is 0.0667. The molecular formula is C44H65N5O8S. The third kappa shape index (κ3) is 15.8. The number of aromatic nitrogens is 1. The summed E-state index contributed by atoms with van der Waals surface area (Å²) in [5.41, 5.74) is 2.78. The van der Waals surface area contributed by atoms with Gasteiger partial charge in [0.05, 0.1) is 43.1 Å². The lowest BCUT2D eigenvalue weighted by atomic mass is 9.85. The molecule has 58 heavy (non-hydrogen) atoms. The number of benzene rings is 1. The molecule has 0 atom stereocenters. The molecule has 4 amide bonds. The van der Waals surface area contributed by atoms with Gasteiger partial charge in [-0.25, -0.2) is 0 Å². The van der Waals surface area contributed by atoms with Crippen LogP contribution in [-0.4, -0.2) is 91.9 Å². The molecule has 0 bridgehead atoms. The smallest absolute Gasteiger partial charge is 0.308 e. The summed E-state index contributed by atoms with van der Waals surface area (Å²) in [6.45, 7) is 12.6. The first-order chi connectivity index (χ1) is 27.8. The van der Waals surface area contributed by atoms with Crippen molar-refractivity contribution in [1.82, 2.24) is 20.5 Å². The molecule has 0 saturated heterocycles. The van der Waals surface area contributed by atoms with Crippen molar-refractivity contribution in [1.29, 1.82) is 0 Å². The summed E-state index contributed by atoms with van der Waals surface area (Å²) in [6, 6.07) is 11.7. The molecular weight excluding hydrogens is 759 g/mol. The van der Waals surface area contributed by atoms with Crippen molar-refractivity contribution in [2.75, 3.05) is 51.0 Å². The van der Waals surface area contributed by atoms with Crippen molar-refractivity contribution in [3.8, 4) is 0 Å². The van der Waals surface area contributed by atoms with Gasteiger partial charge >= 0.3 is 5.97 Å². The molecule has 1 fully saturated rings. The molecule has 1 saturated carbocycles. The number of esters is 1. The van der Waals surface area contributed by atoms with Crippen LogP contribution >= 0.6 is 11.3 Å². The molecule has 2 aromatic heterocycles. The first kappa shape index (κ1) is 46.4. The van der Waals surface area contributed by atoms with Crippen molar-refractivity contribution < 1.29 is 38.2 Å². The number of hydrogen-bond acceptors (Lipinski definition) is 9. The zero-order valence-electron chi connectivity index (χ0n) is 35.2. The maximum absolute atomic E-state index is 13.6. The van der Waals surface area contributed by atoms with E-state index >= 15 is 0 Å². The SMILES string of the molecule is CCN(C(=O)Cn1c(C(=O)NC2CCC(C(=O)NCCCCCCCC(=O)NCCOCCOCCC(=O)OC(C)(C)C)CC2)cc2sccc21)c1cccc(C)c1. The summed E-state index contributed by atoms with van der Waals surface area (Å²) in [5.74, 6) is -0.524. The molecule has 1 aromatic carbocycles. The number of aryl methyl sites for hydroxylation is 1. The summed E-state index contributed by atoms with van der Waals surface area (Å²) in [5, 5.41) is 11.1. The second-order valence-electron chi connectivity index (χ2n) is 16.0. The maximum Gasteiger partial charge on any atom is 0.308 e. The highest BCUT2D eigenvalue weighted by atomic mass is 32.1. The Kier molecular flexibility index (Phi) is 19.2. The van der Waals surface area contributed by atoms with Crippen LogP contribution in [-0.2, 0) is 39.9 Å². The zero-order valence-corrected chi connectivity index (χ0v) is 36.0. The van der Waals surface area contributed by atoms with E-state index in [0.717, 1.165) is 66.4 Å². The van der Waals surface area contributed by atoms with Crippen molar-refractivity contribution in [3.05, 3.63) is 53.0 Å². The van der Waals surface area contributed by atoms with Gasteiger partial charge < -0.3 is 39.6 Å². The Morgan fingerprint density at radius 3 is 2.29 bits per heavy atom. The van der Waals surface area contributed by atoms with Gasteiger partial charge in [-0.1, -0.05) is 31.4 Å². The van der Waals surface area contributed by atoms with E-state index in [1.54, 1.807) is 16.2 Å². The highest BCUT2D eigenvalue weighted by Gasteiger charge is 2.29. The number of anilines is 1. The van der Waals surface area contributed by atoms with Crippen LogP contribution in [0.1, 0.15) is 114 Å². The number of rotatable bonds is 24. The van der Waals surface area contributed by atoms with Gasteiger partial charge in [-0.05, 0) is 108 Å². The van der Waals surface area contributed by atoms with E-state index in [1.165, 1.54) is 0 Å². The Hall–Kier alpha value is -4.27. The topological polar surface area (TPSA) is 157 Å². The van der Waals surface area contributed by atoms with E-state index in [0.29, 0.717) is 64.4 Å². The zero-order chi connectivity index (χ0) is 41.9. The summed E-state index contributed by atoms with van der Waals surface area (Å²) >= 11 is 1.55. The number of thiophene rings is 1. The molecule has 3 aromatic rings. The van der Waals surface area contributed by atoms with Gasteiger partial charge in [0.2, 0.25) is 17.7 Å². The van der Waals surface area contributed by atoms with Crippen LogP contribution in [0.25, 0.3) is 10.2 Å². The Bertz CT molecular complexity index is 1770. The normalized spacial score (nSPS) is 15.5. The lowest BCUT2D eigenvalue weighted by molar-refractivity contribution is -0.156. The second kappa shape index (κ2) is 24.0. The molecule has 4 rings (SSSR count).